The van der Waals surface area contributed by atoms with Crippen LogP contribution in [0.3, 0.4) is 0 Å². The van der Waals surface area contributed by atoms with E-state index < -0.39 is 0 Å². The van der Waals surface area contributed by atoms with Gasteiger partial charge in [0.25, 0.3) is 0 Å². The van der Waals surface area contributed by atoms with E-state index in [-0.39, 0.29) is 0 Å². The van der Waals surface area contributed by atoms with Gasteiger partial charge in [-0.3, -0.25) is 0 Å². The van der Waals surface area contributed by atoms with Gasteiger partial charge in [-0.25, -0.2) is 0 Å². The summed E-state index contributed by atoms with van der Waals surface area (Å²) in [6.45, 7) is 4.85. The molecule has 0 spiro atoms. The summed E-state index contributed by atoms with van der Waals surface area (Å²) in [6.07, 6.45) is 7.22. The van der Waals surface area contributed by atoms with E-state index in [9.17, 15) is 0 Å². The first kappa shape index (κ1) is 6.40. The third-order valence-corrected chi connectivity index (χ3v) is 1.55. The van der Waals surface area contributed by atoms with Crippen molar-refractivity contribution in [2.45, 2.75) is 6.42 Å². The molecule has 1 rings (SSSR count). The first-order valence-electron chi connectivity index (χ1n) is 3.20. The summed E-state index contributed by atoms with van der Waals surface area (Å²) in [5.41, 5.74) is 1.32. The fourth-order valence-electron chi connectivity index (χ4n) is 0.917. The quantitative estimate of drug-likeness (QED) is 0.510. The molecule has 0 unspecified atom stereocenters. The van der Waals surface area contributed by atoms with Crippen LogP contribution in [0.2, 0.25) is 0 Å². The first-order chi connectivity index (χ1) is 4.34. The van der Waals surface area contributed by atoms with Gasteiger partial charge in [0, 0.05) is 19.3 Å². The fourth-order valence-corrected chi connectivity index (χ4v) is 0.917. The van der Waals surface area contributed by atoms with Crippen LogP contribution in [-0.2, 0) is 0 Å². The van der Waals surface area contributed by atoms with Gasteiger partial charge in [-0.15, -0.1) is 0 Å². The van der Waals surface area contributed by atoms with Crippen LogP contribution < -0.4 is 0 Å². The van der Waals surface area contributed by atoms with Crippen LogP contribution in [0.5, 0.6) is 0 Å². The standard InChI is InChI=1S/C8H12N/c1-3-8-6-4-5-7-9(8)2/h4-6H,1,3,7H2,2H3. The SMILES string of the molecule is [CH2]CC1=CC=CCN1C. The molecular weight excluding hydrogens is 110 g/mol. The van der Waals surface area contributed by atoms with Crippen LogP contribution in [-0.4, -0.2) is 18.5 Å². The molecule has 0 aliphatic carbocycles. The minimum atomic E-state index is 0.890. The number of rotatable bonds is 1. The minimum Gasteiger partial charge on any atom is -0.374 e. The summed E-state index contributed by atoms with van der Waals surface area (Å²) >= 11 is 0. The van der Waals surface area contributed by atoms with Gasteiger partial charge in [-0.2, -0.15) is 0 Å². The van der Waals surface area contributed by atoms with Crippen molar-refractivity contribution in [1.29, 1.82) is 0 Å². The fraction of sp³-hybridized carbons (Fsp3) is 0.375. The highest BCUT2D eigenvalue weighted by atomic mass is 15.1. The van der Waals surface area contributed by atoms with Crippen molar-refractivity contribution in [3.8, 4) is 0 Å². The lowest BCUT2D eigenvalue weighted by Crippen LogP contribution is -2.18. The summed E-state index contributed by atoms with van der Waals surface area (Å²) < 4.78 is 0. The molecule has 0 atom stereocenters. The Hall–Kier alpha value is -0.720. The monoisotopic (exact) mass is 122 g/mol. The molecule has 1 aliphatic heterocycles. The number of allylic oxidation sites excluding steroid dienone is 3. The Morgan fingerprint density at radius 3 is 3.00 bits per heavy atom. The zero-order valence-corrected chi connectivity index (χ0v) is 5.80. The van der Waals surface area contributed by atoms with Crippen LogP contribution in [0.1, 0.15) is 6.42 Å². The summed E-state index contributed by atoms with van der Waals surface area (Å²) in [4.78, 5) is 2.20. The molecule has 1 nitrogen and oxygen atoms in total. The van der Waals surface area contributed by atoms with Gasteiger partial charge >= 0.3 is 0 Å². The highest BCUT2D eigenvalue weighted by Gasteiger charge is 2.00. The molecule has 0 aromatic carbocycles. The summed E-state index contributed by atoms with van der Waals surface area (Å²) in [5, 5.41) is 0. The van der Waals surface area contributed by atoms with Gasteiger partial charge in [0.2, 0.25) is 0 Å². The summed E-state index contributed by atoms with van der Waals surface area (Å²) in [7, 11) is 2.08. The average molecular weight is 122 g/mol. The molecule has 0 aromatic rings. The van der Waals surface area contributed by atoms with E-state index in [1.54, 1.807) is 0 Å². The predicted octanol–water partition coefficient (Wildman–Crippen LogP) is 1.60. The van der Waals surface area contributed by atoms with Crippen LogP contribution in [0.15, 0.2) is 23.9 Å². The second-order valence-electron chi connectivity index (χ2n) is 2.22. The third-order valence-electron chi connectivity index (χ3n) is 1.55. The molecule has 0 aromatic heterocycles. The van der Waals surface area contributed by atoms with E-state index in [1.165, 1.54) is 5.70 Å². The van der Waals surface area contributed by atoms with Crippen molar-refractivity contribution < 1.29 is 0 Å². The van der Waals surface area contributed by atoms with Crippen LogP contribution >= 0.6 is 0 Å². The molecular formula is C8H12N. The van der Waals surface area contributed by atoms with Crippen molar-refractivity contribution in [2.24, 2.45) is 0 Å². The summed E-state index contributed by atoms with van der Waals surface area (Å²) in [6, 6.07) is 0. The number of hydrogen-bond donors (Lipinski definition) is 0. The molecule has 49 valence electrons. The molecule has 0 N–H and O–H groups in total. The van der Waals surface area contributed by atoms with Gasteiger partial charge in [0.15, 0.2) is 0 Å². The molecule has 1 heteroatoms. The van der Waals surface area contributed by atoms with Crippen LogP contribution in [0.25, 0.3) is 0 Å². The molecule has 1 radical (unpaired) electrons. The molecule has 0 bridgehead atoms. The van der Waals surface area contributed by atoms with Gasteiger partial charge in [0.1, 0.15) is 0 Å². The molecule has 0 fully saturated rings. The minimum absolute atomic E-state index is 0.890. The van der Waals surface area contributed by atoms with Crippen molar-refractivity contribution in [3.05, 3.63) is 30.8 Å². The maximum Gasteiger partial charge on any atom is 0.0356 e. The van der Waals surface area contributed by atoms with Gasteiger partial charge in [-0.1, -0.05) is 12.2 Å². The van der Waals surface area contributed by atoms with E-state index in [2.05, 4.69) is 37.1 Å². The molecule has 0 saturated carbocycles. The van der Waals surface area contributed by atoms with E-state index in [0.29, 0.717) is 0 Å². The largest absolute Gasteiger partial charge is 0.374 e. The van der Waals surface area contributed by atoms with Crippen molar-refractivity contribution >= 4 is 0 Å². The van der Waals surface area contributed by atoms with Crippen molar-refractivity contribution in [2.75, 3.05) is 13.6 Å². The van der Waals surface area contributed by atoms with Crippen LogP contribution in [0.4, 0.5) is 0 Å². The molecule has 9 heavy (non-hydrogen) atoms. The lowest BCUT2D eigenvalue weighted by molar-refractivity contribution is 0.449. The van der Waals surface area contributed by atoms with Crippen molar-refractivity contribution in [3.63, 3.8) is 0 Å². The first-order valence-corrected chi connectivity index (χ1v) is 3.20. The van der Waals surface area contributed by atoms with Gasteiger partial charge < -0.3 is 4.90 Å². The van der Waals surface area contributed by atoms with E-state index in [1.807, 2.05) is 0 Å². The van der Waals surface area contributed by atoms with Gasteiger partial charge in [0.05, 0.1) is 0 Å². The topological polar surface area (TPSA) is 3.24 Å². The second kappa shape index (κ2) is 2.72. The smallest absolute Gasteiger partial charge is 0.0356 e. The van der Waals surface area contributed by atoms with Crippen LogP contribution in [0, 0.1) is 6.92 Å². The molecule has 1 heterocycles. The highest BCUT2D eigenvalue weighted by Crippen LogP contribution is 2.09. The second-order valence-corrected chi connectivity index (χ2v) is 2.22. The average Bonchev–Trinajstić information content (AvgIpc) is 1.89. The molecule has 1 aliphatic rings. The Morgan fingerprint density at radius 1 is 1.78 bits per heavy atom. The number of nitrogens with zero attached hydrogens (tertiary/aromatic N) is 1. The van der Waals surface area contributed by atoms with Crippen molar-refractivity contribution in [1.82, 2.24) is 4.90 Å². The Morgan fingerprint density at radius 2 is 2.56 bits per heavy atom. The predicted molar refractivity (Wildman–Crippen MR) is 39.8 cm³/mol. The normalized spacial score (nSPS) is 18.0. The highest BCUT2D eigenvalue weighted by molar-refractivity contribution is 5.17. The maximum atomic E-state index is 3.82. The zero-order valence-electron chi connectivity index (χ0n) is 5.80. The Balaban J connectivity index is 2.63. The molecule has 0 amide bonds. The lowest BCUT2D eigenvalue weighted by Gasteiger charge is -2.21. The van der Waals surface area contributed by atoms with E-state index in [0.717, 1.165) is 13.0 Å². The third kappa shape index (κ3) is 1.35. The lowest BCUT2D eigenvalue weighted by atomic mass is 10.2. The maximum absolute atomic E-state index is 3.82. The van der Waals surface area contributed by atoms with Gasteiger partial charge in [-0.05, 0) is 19.4 Å². The molecule has 0 saturated heterocycles. The Bertz CT molecular complexity index is 145. The number of likely N-dealkylation sites (N-methyl/N-ethyl adjacent to an activating group) is 1. The summed E-state index contributed by atoms with van der Waals surface area (Å²) in [5.74, 6) is 0. The zero-order chi connectivity index (χ0) is 6.69. The van der Waals surface area contributed by atoms with E-state index >= 15 is 0 Å². The Labute approximate surface area is 56.7 Å². The Kier molecular flexibility index (Phi) is 1.93. The number of hydrogen-bond acceptors (Lipinski definition) is 1. The van der Waals surface area contributed by atoms with E-state index in [4.69, 9.17) is 0 Å².